The number of aromatic hydroxyl groups is 1. The number of halogens is 1. The van der Waals surface area contributed by atoms with Crippen LogP contribution in [0.25, 0.3) is 0 Å². The van der Waals surface area contributed by atoms with Crippen molar-refractivity contribution in [2.24, 2.45) is 0 Å². The van der Waals surface area contributed by atoms with Gasteiger partial charge in [-0.3, -0.25) is 0 Å². The normalized spacial score (nSPS) is 12.5. The van der Waals surface area contributed by atoms with Crippen LogP contribution in [0.4, 0.5) is 4.39 Å². The van der Waals surface area contributed by atoms with Crippen molar-refractivity contribution in [2.75, 3.05) is 14.2 Å². The molecule has 1 N–H and O–H groups in total. The van der Waals surface area contributed by atoms with Gasteiger partial charge in [0, 0.05) is 23.0 Å². The molecule has 0 amide bonds. The van der Waals surface area contributed by atoms with Crippen LogP contribution in [-0.2, 0) is 5.75 Å². The highest BCUT2D eigenvalue weighted by atomic mass is 32.1. The van der Waals surface area contributed by atoms with E-state index in [1.54, 1.807) is 13.2 Å². The Labute approximate surface area is 155 Å². The third-order valence-corrected chi connectivity index (χ3v) is 6.14. The fourth-order valence-electron chi connectivity index (χ4n) is 2.76. The van der Waals surface area contributed by atoms with E-state index in [0.717, 1.165) is 29.3 Å². The van der Waals surface area contributed by atoms with Crippen LogP contribution in [0, 0.1) is 5.82 Å². The maximum Gasteiger partial charge on any atom is 0.164 e. The molecule has 2 aromatic carbocycles. The van der Waals surface area contributed by atoms with Crippen molar-refractivity contribution >= 4 is 26.5 Å². The standard InChI is InChI=1S/C19H24FO3PS/c1-4-5-18(24-17-7-6-13(20)8-12(17)11-25)15-9-14(22-2)10-16(23-3)19(15)21/h6-10,18,21,24-25H,4-5,11H2,1-3H3. The Morgan fingerprint density at radius 1 is 1.20 bits per heavy atom. The average molecular weight is 382 g/mol. The molecule has 0 aromatic heterocycles. The van der Waals surface area contributed by atoms with Gasteiger partial charge in [-0.15, -0.1) is 0 Å². The molecule has 2 atom stereocenters. The second kappa shape index (κ2) is 9.30. The average Bonchev–Trinajstić information content (AvgIpc) is 2.62. The third kappa shape index (κ3) is 4.80. The lowest BCUT2D eigenvalue weighted by Gasteiger charge is -2.21. The first-order valence-electron chi connectivity index (χ1n) is 8.14. The van der Waals surface area contributed by atoms with Crippen LogP contribution in [0.15, 0.2) is 30.3 Å². The zero-order valence-electron chi connectivity index (χ0n) is 14.7. The van der Waals surface area contributed by atoms with Crippen molar-refractivity contribution in [3.05, 3.63) is 47.3 Å². The van der Waals surface area contributed by atoms with Gasteiger partial charge in [-0.1, -0.05) is 28.0 Å². The first-order chi connectivity index (χ1) is 12.0. The van der Waals surface area contributed by atoms with Crippen LogP contribution in [0.1, 0.15) is 36.6 Å². The molecule has 0 bridgehead atoms. The van der Waals surface area contributed by atoms with Crippen LogP contribution >= 0.6 is 21.2 Å². The number of rotatable bonds is 8. The molecule has 136 valence electrons. The number of benzene rings is 2. The number of phenolic OH excluding ortho intramolecular Hbond substituents is 1. The summed E-state index contributed by atoms with van der Waals surface area (Å²) >= 11 is 4.32. The van der Waals surface area contributed by atoms with Crippen LogP contribution in [0.5, 0.6) is 17.2 Å². The number of ether oxygens (including phenoxy) is 2. The van der Waals surface area contributed by atoms with Gasteiger partial charge in [-0.05, 0) is 35.5 Å². The highest BCUT2D eigenvalue weighted by Crippen LogP contribution is 2.47. The molecule has 6 heteroatoms. The van der Waals surface area contributed by atoms with Crippen LogP contribution in [0.2, 0.25) is 0 Å². The molecular weight excluding hydrogens is 358 g/mol. The second-order valence-electron chi connectivity index (χ2n) is 5.71. The minimum Gasteiger partial charge on any atom is -0.504 e. The van der Waals surface area contributed by atoms with Crippen molar-refractivity contribution in [2.45, 2.75) is 31.2 Å². The molecule has 0 saturated carbocycles. The molecule has 0 radical (unpaired) electrons. The Morgan fingerprint density at radius 2 is 1.96 bits per heavy atom. The molecule has 25 heavy (non-hydrogen) atoms. The number of methoxy groups -OCH3 is 2. The van der Waals surface area contributed by atoms with Gasteiger partial charge in [0.25, 0.3) is 0 Å². The number of phenols is 1. The van der Waals surface area contributed by atoms with Gasteiger partial charge in [0.1, 0.15) is 11.6 Å². The van der Waals surface area contributed by atoms with Gasteiger partial charge >= 0.3 is 0 Å². The van der Waals surface area contributed by atoms with Crippen LogP contribution in [-0.4, -0.2) is 19.3 Å². The number of hydrogen-bond donors (Lipinski definition) is 2. The molecule has 0 heterocycles. The van der Waals surface area contributed by atoms with Gasteiger partial charge in [-0.25, -0.2) is 4.39 Å². The van der Waals surface area contributed by atoms with E-state index >= 15 is 0 Å². The summed E-state index contributed by atoms with van der Waals surface area (Å²) in [7, 11) is 3.50. The smallest absolute Gasteiger partial charge is 0.164 e. The lowest BCUT2D eigenvalue weighted by Crippen LogP contribution is -2.07. The molecule has 0 saturated heterocycles. The van der Waals surface area contributed by atoms with Gasteiger partial charge in [0.2, 0.25) is 0 Å². The lowest BCUT2D eigenvalue weighted by molar-refractivity contribution is 0.360. The first kappa shape index (κ1) is 19.9. The van der Waals surface area contributed by atoms with E-state index in [0.29, 0.717) is 25.8 Å². The van der Waals surface area contributed by atoms with Crippen LogP contribution < -0.4 is 14.8 Å². The molecule has 3 nitrogen and oxygen atoms in total. The van der Waals surface area contributed by atoms with Gasteiger partial charge in [0.05, 0.1) is 14.2 Å². The number of thiol groups is 1. The largest absolute Gasteiger partial charge is 0.504 e. The van der Waals surface area contributed by atoms with Crippen molar-refractivity contribution < 1.29 is 19.0 Å². The highest BCUT2D eigenvalue weighted by molar-refractivity contribution is 7.79. The zero-order chi connectivity index (χ0) is 18.4. The molecular formula is C19H24FO3PS. The summed E-state index contributed by atoms with van der Waals surface area (Å²) in [5.41, 5.74) is 1.78. The molecule has 0 aliphatic rings. The van der Waals surface area contributed by atoms with Crippen molar-refractivity contribution in [3.63, 3.8) is 0 Å². The topological polar surface area (TPSA) is 38.7 Å². The van der Waals surface area contributed by atoms with Crippen LogP contribution in [0.3, 0.4) is 0 Å². The molecule has 0 spiro atoms. The fourth-order valence-corrected chi connectivity index (χ4v) is 4.88. The summed E-state index contributed by atoms with van der Waals surface area (Å²) < 4.78 is 24.1. The van der Waals surface area contributed by atoms with Gasteiger partial charge < -0.3 is 14.6 Å². The Kier molecular flexibility index (Phi) is 7.39. The van der Waals surface area contributed by atoms with E-state index in [1.807, 2.05) is 12.1 Å². The van der Waals surface area contributed by atoms with Crippen molar-refractivity contribution in [1.29, 1.82) is 0 Å². The highest BCUT2D eigenvalue weighted by Gasteiger charge is 2.21. The first-order valence-corrected chi connectivity index (χ1v) is 9.85. The summed E-state index contributed by atoms with van der Waals surface area (Å²) in [6.07, 6.45) is 1.86. The molecule has 2 aromatic rings. The lowest BCUT2D eigenvalue weighted by atomic mass is 10.1. The zero-order valence-corrected chi connectivity index (χ0v) is 16.6. The molecule has 0 aliphatic carbocycles. The molecule has 0 aliphatic heterocycles. The maximum atomic E-state index is 13.5. The van der Waals surface area contributed by atoms with Crippen molar-refractivity contribution in [3.8, 4) is 17.2 Å². The van der Waals surface area contributed by atoms with E-state index in [-0.39, 0.29) is 17.2 Å². The summed E-state index contributed by atoms with van der Waals surface area (Å²) in [5, 5.41) is 11.7. The van der Waals surface area contributed by atoms with E-state index < -0.39 is 0 Å². The SMILES string of the molecule is CCCC(Pc1ccc(F)cc1CS)c1cc(OC)cc(OC)c1O. The summed E-state index contributed by atoms with van der Waals surface area (Å²) in [6, 6.07) is 8.35. The Balaban J connectivity index is 2.45. The minimum atomic E-state index is -0.254. The molecule has 2 unspecified atom stereocenters. The number of hydrogen-bond acceptors (Lipinski definition) is 4. The van der Waals surface area contributed by atoms with Gasteiger partial charge in [0.15, 0.2) is 11.5 Å². The van der Waals surface area contributed by atoms with Crippen molar-refractivity contribution in [1.82, 2.24) is 0 Å². The minimum absolute atomic E-state index is 0.0955. The Bertz CT molecular complexity index is 724. The van der Waals surface area contributed by atoms with E-state index in [9.17, 15) is 9.50 Å². The Hall–Kier alpha value is -1.45. The van der Waals surface area contributed by atoms with E-state index in [1.165, 1.54) is 19.2 Å². The second-order valence-corrected chi connectivity index (χ2v) is 7.55. The monoisotopic (exact) mass is 382 g/mol. The van der Waals surface area contributed by atoms with E-state index in [2.05, 4.69) is 19.6 Å². The quantitative estimate of drug-likeness (QED) is 0.508. The predicted octanol–water partition coefficient (Wildman–Crippen LogP) is 4.82. The summed E-state index contributed by atoms with van der Waals surface area (Å²) in [5.74, 6) is 1.41. The maximum absolute atomic E-state index is 13.5. The Morgan fingerprint density at radius 3 is 2.56 bits per heavy atom. The van der Waals surface area contributed by atoms with E-state index in [4.69, 9.17) is 9.47 Å². The summed E-state index contributed by atoms with van der Waals surface area (Å²) in [6.45, 7) is 2.11. The third-order valence-electron chi connectivity index (χ3n) is 4.05. The van der Waals surface area contributed by atoms with Gasteiger partial charge in [-0.2, -0.15) is 12.6 Å². The predicted molar refractivity (Wildman–Crippen MR) is 106 cm³/mol. The summed E-state index contributed by atoms with van der Waals surface area (Å²) in [4.78, 5) is 0. The fraction of sp³-hybridized carbons (Fsp3) is 0.368. The molecule has 0 fully saturated rings. The molecule has 2 rings (SSSR count).